The van der Waals surface area contributed by atoms with E-state index in [2.05, 4.69) is 5.32 Å². The molecular formula is C27H27FN2O3. The highest BCUT2D eigenvalue weighted by Gasteiger charge is 2.40. The molecule has 6 heteroatoms. The van der Waals surface area contributed by atoms with Gasteiger partial charge in [-0.25, -0.2) is 4.39 Å². The lowest BCUT2D eigenvalue weighted by molar-refractivity contribution is -0.125. The normalized spacial score (nSPS) is 20.7. The lowest BCUT2D eigenvalue weighted by atomic mass is 9.74. The van der Waals surface area contributed by atoms with Crippen LogP contribution in [0.15, 0.2) is 54.6 Å². The van der Waals surface area contributed by atoms with Gasteiger partial charge in [0.2, 0.25) is 5.91 Å². The summed E-state index contributed by atoms with van der Waals surface area (Å²) in [4.78, 5) is 26.9. The van der Waals surface area contributed by atoms with Crippen LogP contribution in [-0.2, 0) is 4.79 Å². The maximum atomic E-state index is 13.6. The van der Waals surface area contributed by atoms with Crippen molar-refractivity contribution in [3.8, 4) is 16.9 Å². The third kappa shape index (κ3) is 4.17. The largest absolute Gasteiger partial charge is 0.496 e. The molecule has 1 atom stereocenters. The second-order valence-electron chi connectivity index (χ2n) is 9.23. The molecule has 1 N–H and O–H groups in total. The second kappa shape index (κ2) is 8.50. The zero-order valence-electron chi connectivity index (χ0n) is 18.7. The summed E-state index contributed by atoms with van der Waals surface area (Å²) in [6, 6.07) is 16.3. The molecule has 2 aliphatic heterocycles. The molecule has 2 heterocycles. The minimum Gasteiger partial charge on any atom is -0.496 e. The SMILES string of the molecule is COc1cc(F)ccc1-c1ccc2cc(C(=O)N3CCCC4(CCC(=O)NC4)C3)ccc2c1. The average molecular weight is 447 g/mol. The molecule has 3 aromatic rings. The van der Waals surface area contributed by atoms with E-state index < -0.39 is 0 Å². The number of rotatable bonds is 3. The van der Waals surface area contributed by atoms with Crippen molar-refractivity contribution >= 4 is 22.6 Å². The van der Waals surface area contributed by atoms with E-state index in [0.29, 0.717) is 30.8 Å². The fourth-order valence-corrected chi connectivity index (χ4v) is 5.20. The quantitative estimate of drug-likeness (QED) is 0.630. The van der Waals surface area contributed by atoms with Crippen LogP contribution in [0.2, 0.25) is 0 Å². The number of hydrogen-bond acceptors (Lipinski definition) is 3. The van der Waals surface area contributed by atoms with Gasteiger partial charge in [0.1, 0.15) is 11.6 Å². The standard InChI is InChI=1S/C27H27FN2O3/c1-33-24-15-22(28)7-8-23(24)20-5-3-19-14-21(6-4-18(19)13-20)26(32)30-12-2-10-27(17-30)11-9-25(31)29-16-27/h3-8,13-15H,2,9-12,16-17H2,1H3,(H,29,31). The average Bonchev–Trinajstić information content (AvgIpc) is 2.85. The van der Waals surface area contributed by atoms with Gasteiger partial charge in [0.15, 0.2) is 0 Å². The van der Waals surface area contributed by atoms with Gasteiger partial charge in [0, 0.05) is 48.7 Å². The van der Waals surface area contributed by atoms with Crippen LogP contribution in [0.3, 0.4) is 0 Å². The molecule has 5 rings (SSSR count). The smallest absolute Gasteiger partial charge is 0.253 e. The van der Waals surface area contributed by atoms with E-state index in [9.17, 15) is 14.0 Å². The number of likely N-dealkylation sites (tertiary alicyclic amines) is 1. The molecular weight excluding hydrogens is 419 g/mol. The topological polar surface area (TPSA) is 58.6 Å². The number of methoxy groups -OCH3 is 1. The molecule has 2 amide bonds. The van der Waals surface area contributed by atoms with E-state index in [0.717, 1.165) is 47.7 Å². The molecule has 2 aliphatic rings. The monoisotopic (exact) mass is 446 g/mol. The first-order valence-corrected chi connectivity index (χ1v) is 11.4. The first-order valence-electron chi connectivity index (χ1n) is 11.4. The van der Waals surface area contributed by atoms with E-state index in [1.165, 1.54) is 19.2 Å². The molecule has 0 bridgehead atoms. The summed E-state index contributed by atoms with van der Waals surface area (Å²) in [5.41, 5.74) is 2.42. The number of fused-ring (bicyclic) bond motifs is 1. The second-order valence-corrected chi connectivity index (χ2v) is 9.23. The van der Waals surface area contributed by atoms with Crippen LogP contribution in [-0.4, -0.2) is 43.5 Å². The van der Waals surface area contributed by atoms with Crippen LogP contribution in [0.1, 0.15) is 36.0 Å². The fourth-order valence-electron chi connectivity index (χ4n) is 5.20. The van der Waals surface area contributed by atoms with Crippen molar-refractivity contribution in [1.82, 2.24) is 10.2 Å². The summed E-state index contributed by atoms with van der Waals surface area (Å²) >= 11 is 0. The first kappa shape index (κ1) is 21.4. The number of hydrogen-bond donors (Lipinski definition) is 1. The maximum Gasteiger partial charge on any atom is 0.253 e. The van der Waals surface area contributed by atoms with E-state index in [1.54, 1.807) is 6.07 Å². The summed E-state index contributed by atoms with van der Waals surface area (Å²) in [6.45, 7) is 2.09. The minimum atomic E-state index is -0.338. The predicted octanol–water partition coefficient (Wildman–Crippen LogP) is 4.79. The molecule has 170 valence electrons. The first-order chi connectivity index (χ1) is 16.0. The zero-order valence-corrected chi connectivity index (χ0v) is 18.7. The number of nitrogens with one attached hydrogen (secondary N) is 1. The number of carbonyl (C=O) groups is 2. The van der Waals surface area contributed by atoms with Gasteiger partial charge in [-0.05, 0) is 65.9 Å². The van der Waals surface area contributed by atoms with E-state index in [4.69, 9.17) is 4.74 Å². The number of halogens is 1. The molecule has 5 nitrogen and oxygen atoms in total. The van der Waals surface area contributed by atoms with Crippen LogP contribution < -0.4 is 10.1 Å². The molecule has 0 radical (unpaired) electrons. The molecule has 1 spiro atoms. The Morgan fingerprint density at radius 1 is 1.06 bits per heavy atom. The van der Waals surface area contributed by atoms with E-state index in [-0.39, 0.29) is 23.0 Å². The fraction of sp³-hybridized carbons (Fsp3) is 0.333. The highest BCUT2D eigenvalue weighted by Crippen LogP contribution is 2.37. The van der Waals surface area contributed by atoms with Crippen molar-refractivity contribution in [1.29, 1.82) is 0 Å². The van der Waals surface area contributed by atoms with Crippen LogP contribution in [0.5, 0.6) is 5.75 Å². The number of piperidine rings is 2. The summed E-state index contributed by atoms with van der Waals surface area (Å²) in [5.74, 6) is 0.294. The Labute approximate surface area is 192 Å². The van der Waals surface area contributed by atoms with Crippen LogP contribution in [0, 0.1) is 11.2 Å². The molecule has 0 aromatic heterocycles. The van der Waals surface area contributed by atoms with Crippen molar-refractivity contribution in [2.24, 2.45) is 5.41 Å². The lowest BCUT2D eigenvalue weighted by Crippen LogP contribution is -2.53. The predicted molar refractivity (Wildman–Crippen MR) is 126 cm³/mol. The zero-order chi connectivity index (χ0) is 23.0. The van der Waals surface area contributed by atoms with Crippen LogP contribution in [0.25, 0.3) is 21.9 Å². The number of carbonyl (C=O) groups excluding carboxylic acids is 2. The van der Waals surface area contributed by atoms with Gasteiger partial charge in [0.05, 0.1) is 7.11 Å². The van der Waals surface area contributed by atoms with Crippen LogP contribution in [0.4, 0.5) is 4.39 Å². The highest BCUT2D eigenvalue weighted by molar-refractivity contribution is 5.99. The Hall–Kier alpha value is -3.41. The van der Waals surface area contributed by atoms with Crippen molar-refractivity contribution in [2.75, 3.05) is 26.7 Å². The Morgan fingerprint density at radius 3 is 2.67 bits per heavy atom. The highest BCUT2D eigenvalue weighted by atomic mass is 19.1. The van der Waals surface area contributed by atoms with Gasteiger partial charge >= 0.3 is 0 Å². The molecule has 1 unspecified atom stereocenters. The Bertz CT molecular complexity index is 1230. The van der Waals surface area contributed by atoms with E-state index in [1.807, 2.05) is 41.3 Å². The van der Waals surface area contributed by atoms with E-state index >= 15 is 0 Å². The summed E-state index contributed by atoms with van der Waals surface area (Å²) in [7, 11) is 1.53. The number of ether oxygens (including phenoxy) is 1. The third-order valence-electron chi connectivity index (χ3n) is 7.05. The molecule has 2 fully saturated rings. The van der Waals surface area contributed by atoms with Crippen molar-refractivity contribution < 1.29 is 18.7 Å². The Morgan fingerprint density at radius 2 is 1.88 bits per heavy atom. The molecule has 33 heavy (non-hydrogen) atoms. The molecule has 0 saturated carbocycles. The molecule has 0 aliphatic carbocycles. The summed E-state index contributed by atoms with van der Waals surface area (Å²) in [6.07, 6.45) is 3.39. The number of amides is 2. The van der Waals surface area contributed by atoms with Gasteiger partial charge in [-0.3, -0.25) is 9.59 Å². The van der Waals surface area contributed by atoms with Gasteiger partial charge in [-0.1, -0.05) is 18.2 Å². The van der Waals surface area contributed by atoms with Crippen molar-refractivity contribution in [3.05, 3.63) is 66.0 Å². The van der Waals surface area contributed by atoms with Crippen molar-refractivity contribution in [3.63, 3.8) is 0 Å². The summed E-state index contributed by atoms with van der Waals surface area (Å²) in [5, 5.41) is 4.96. The summed E-state index contributed by atoms with van der Waals surface area (Å²) < 4.78 is 18.9. The van der Waals surface area contributed by atoms with Crippen molar-refractivity contribution in [2.45, 2.75) is 25.7 Å². The Balaban J connectivity index is 1.39. The Kier molecular flexibility index (Phi) is 5.52. The molecule has 3 aromatic carbocycles. The third-order valence-corrected chi connectivity index (χ3v) is 7.05. The number of benzene rings is 3. The molecule has 2 saturated heterocycles. The van der Waals surface area contributed by atoms with Gasteiger partial charge in [0.25, 0.3) is 5.91 Å². The number of nitrogens with zero attached hydrogens (tertiary/aromatic N) is 1. The van der Waals surface area contributed by atoms with Gasteiger partial charge in [-0.2, -0.15) is 0 Å². The van der Waals surface area contributed by atoms with Gasteiger partial charge in [-0.15, -0.1) is 0 Å². The van der Waals surface area contributed by atoms with Crippen LogP contribution >= 0.6 is 0 Å². The maximum absolute atomic E-state index is 13.6. The van der Waals surface area contributed by atoms with Gasteiger partial charge < -0.3 is 15.0 Å². The minimum absolute atomic E-state index is 0.00177. The lowest BCUT2D eigenvalue weighted by Gasteiger charge is -2.45.